The molecule has 0 saturated heterocycles. The summed E-state index contributed by atoms with van der Waals surface area (Å²) in [6.45, 7) is 7.76. The number of halogens is 2. The maximum atomic E-state index is 12.5. The van der Waals surface area contributed by atoms with Crippen molar-refractivity contribution in [2.24, 2.45) is 21.5 Å². The second-order valence-corrected chi connectivity index (χ2v) is 8.44. The van der Waals surface area contributed by atoms with Crippen molar-refractivity contribution in [3.63, 3.8) is 0 Å². The molecule has 0 aliphatic carbocycles. The number of rotatable bonds is 8. The molecule has 6 N–H and O–H groups in total. The summed E-state index contributed by atoms with van der Waals surface area (Å²) in [4.78, 5) is 33.7. The van der Waals surface area contributed by atoms with E-state index in [1.54, 1.807) is 48.5 Å². The van der Waals surface area contributed by atoms with Crippen molar-refractivity contribution >= 4 is 59.7 Å². The van der Waals surface area contributed by atoms with Crippen molar-refractivity contribution in [2.45, 2.75) is 39.8 Å². The first-order chi connectivity index (χ1) is 16.6. The van der Waals surface area contributed by atoms with Crippen molar-refractivity contribution < 1.29 is 14.0 Å². The van der Waals surface area contributed by atoms with Crippen LogP contribution in [0.15, 0.2) is 75.1 Å². The van der Waals surface area contributed by atoms with Crippen LogP contribution in [0, 0.1) is 0 Å². The fourth-order valence-corrected chi connectivity index (χ4v) is 3.12. The monoisotopic (exact) mass is 546 g/mol. The first-order valence-corrected chi connectivity index (χ1v) is 11.2. The van der Waals surface area contributed by atoms with Gasteiger partial charge in [-0.05, 0) is 88.4 Å². The molecule has 11 heteroatoms. The van der Waals surface area contributed by atoms with Gasteiger partial charge in [0.1, 0.15) is 11.7 Å². The molecular weight excluding hydrogens is 515 g/mol. The molecule has 0 unspecified atom stereocenters. The van der Waals surface area contributed by atoms with Crippen molar-refractivity contribution in [3.8, 4) is 0 Å². The number of nitrogens with one attached hydrogen (secondary N) is 2. The number of carbonyl (C=O) groups is 2. The number of hydrogen-bond acceptors (Lipinski definition) is 5. The lowest BCUT2D eigenvalue weighted by Gasteiger charge is -2.07. The fraction of sp³-hybridized carbons (Fsp3) is 0.231. The fourth-order valence-electron chi connectivity index (χ4n) is 3.12. The van der Waals surface area contributed by atoms with E-state index in [1.807, 2.05) is 27.7 Å². The van der Waals surface area contributed by atoms with Crippen LogP contribution in [-0.2, 0) is 0 Å². The Morgan fingerprint density at radius 2 is 0.973 bits per heavy atom. The van der Waals surface area contributed by atoms with Crippen LogP contribution in [0.25, 0.3) is 0 Å². The lowest BCUT2D eigenvalue weighted by atomic mass is 10.2. The predicted molar refractivity (Wildman–Crippen MR) is 154 cm³/mol. The van der Waals surface area contributed by atoms with Crippen LogP contribution in [0.5, 0.6) is 0 Å². The SMILES string of the molecule is CC(C)N=C(N)c1ccc(NC(=O)c2ccc(C(=O)Nc3ccc(C(N)=NC(C)C)cc3)o2)cc1.Cl.Cl. The summed E-state index contributed by atoms with van der Waals surface area (Å²) in [5.74, 6) is -0.0845. The average Bonchev–Trinajstić information content (AvgIpc) is 3.30. The molecule has 2 amide bonds. The van der Waals surface area contributed by atoms with Gasteiger partial charge in [-0.25, -0.2) is 0 Å². The molecule has 0 aliphatic rings. The standard InChI is InChI=1S/C26H30N6O3.2ClH/c1-15(2)29-23(27)17-5-9-19(10-6-17)31-25(33)21-13-14-22(35-21)26(34)32-20-11-7-18(8-12-20)24(28)30-16(3)4;;/h5-16H,1-4H3,(H2,27,29)(H2,28,30)(H,31,33)(H,32,34);2*1H. The zero-order valence-corrected chi connectivity index (χ0v) is 22.7. The van der Waals surface area contributed by atoms with E-state index in [-0.39, 0.29) is 48.4 Å². The maximum absolute atomic E-state index is 12.5. The molecular formula is C26H32Cl2N6O3. The number of anilines is 2. The average molecular weight is 547 g/mol. The number of amidine groups is 2. The van der Waals surface area contributed by atoms with E-state index < -0.39 is 11.8 Å². The molecule has 0 fully saturated rings. The van der Waals surface area contributed by atoms with Crippen LogP contribution in [0.2, 0.25) is 0 Å². The van der Waals surface area contributed by atoms with Crippen LogP contribution in [0.4, 0.5) is 11.4 Å². The molecule has 0 radical (unpaired) electrons. The minimum atomic E-state index is -0.482. The van der Waals surface area contributed by atoms with Gasteiger partial charge in [0.25, 0.3) is 11.8 Å². The second-order valence-electron chi connectivity index (χ2n) is 8.44. The number of amides is 2. The lowest BCUT2D eigenvalue weighted by molar-refractivity contribution is 0.0974. The Kier molecular flexibility index (Phi) is 11.9. The minimum absolute atomic E-state index is 0. The van der Waals surface area contributed by atoms with E-state index in [0.717, 1.165) is 11.1 Å². The van der Waals surface area contributed by atoms with E-state index >= 15 is 0 Å². The zero-order chi connectivity index (χ0) is 25.5. The molecule has 0 saturated carbocycles. The van der Waals surface area contributed by atoms with Gasteiger partial charge in [-0.15, -0.1) is 24.8 Å². The highest BCUT2D eigenvalue weighted by atomic mass is 35.5. The number of aliphatic imine (C=N–C) groups is 2. The van der Waals surface area contributed by atoms with Crippen molar-refractivity contribution in [1.29, 1.82) is 0 Å². The van der Waals surface area contributed by atoms with E-state index in [1.165, 1.54) is 12.1 Å². The van der Waals surface area contributed by atoms with Gasteiger partial charge in [-0.2, -0.15) is 0 Å². The first-order valence-electron chi connectivity index (χ1n) is 11.2. The molecule has 1 heterocycles. The topological polar surface area (TPSA) is 148 Å². The first kappa shape index (κ1) is 31.2. The Hall–Kier alpha value is -3.82. The second kappa shape index (κ2) is 14.1. The molecule has 1 aromatic heterocycles. The van der Waals surface area contributed by atoms with Crippen LogP contribution in [0.1, 0.15) is 59.9 Å². The van der Waals surface area contributed by atoms with Gasteiger partial charge < -0.3 is 26.5 Å². The number of nitrogens with zero attached hydrogens (tertiary/aromatic N) is 2. The Morgan fingerprint density at radius 3 is 1.27 bits per heavy atom. The molecule has 37 heavy (non-hydrogen) atoms. The molecule has 9 nitrogen and oxygen atoms in total. The van der Waals surface area contributed by atoms with Crippen LogP contribution >= 0.6 is 24.8 Å². The van der Waals surface area contributed by atoms with Crippen LogP contribution < -0.4 is 22.1 Å². The van der Waals surface area contributed by atoms with Gasteiger partial charge in [-0.3, -0.25) is 19.6 Å². The summed E-state index contributed by atoms with van der Waals surface area (Å²) in [7, 11) is 0. The quantitative estimate of drug-likeness (QED) is 0.235. The molecule has 0 bridgehead atoms. The Labute approximate surface area is 228 Å². The lowest BCUT2D eigenvalue weighted by Crippen LogP contribution is -2.16. The highest BCUT2D eigenvalue weighted by Crippen LogP contribution is 2.16. The van der Waals surface area contributed by atoms with Crippen LogP contribution in [-0.4, -0.2) is 35.6 Å². The minimum Gasteiger partial charge on any atom is -0.446 e. The zero-order valence-electron chi connectivity index (χ0n) is 21.0. The number of carbonyl (C=O) groups excluding carboxylic acids is 2. The molecule has 0 spiro atoms. The van der Waals surface area contributed by atoms with Gasteiger partial charge in [0.2, 0.25) is 0 Å². The number of hydrogen-bond donors (Lipinski definition) is 4. The van der Waals surface area contributed by atoms with Crippen LogP contribution in [0.3, 0.4) is 0 Å². The van der Waals surface area contributed by atoms with Gasteiger partial charge in [0.15, 0.2) is 11.5 Å². The van der Waals surface area contributed by atoms with Gasteiger partial charge in [-0.1, -0.05) is 0 Å². The number of benzene rings is 2. The van der Waals surface area contributed by atoms with Crippen molar-refractivity contribution in [3.05, 3.63) is 83.3 Å². The van der Waals surface area contributed by atoms with E-state index in [9.17, 15) is 9.59 Å². The van der Waals surface area contributed by atoms with E-state index in [2.05, 4.69) is 20.6 Å². The molecule has 3 aromatic rings. The largest absolute Gasteiger partial charge is 0.446 e. The van der Waals surface area contributed by atoms with Crippen molar-refractivity contribution in [1.82, 2.24) is 0 Å². The summed E-state index contributed by atoms with van der Waals surface area (Å²) < 4.78 is 5.46. The van der Waals surface area contributed by atoms with Gasteiger partial charge in [0.05, 0.1) is 0 Å². The number of nitrogens with two attached hydrogens (primary N) is 2. The maximum Gasteiger partial charge on any atom is 0.291 e. The molecule has 0 aliphatic heterocycles. The third kappa shape index (κ3) is 8.96. The smallest absolute Gasteiger partial charge is 0.291 e. The third-order valence-electron chi connectivity index (χ3n) is 4.73. The predicted octanol–water partition coefficient (Wildman–Crippen LogP) is 4.86. The van der Waals surface area contributed by atoms with E-state index in [4.69, 9.17) is 15.9 Å². The molecule has 2 aromatic carbocycles. The molecule has 0 atom stereocenters. The molecule has 3 rings (SSSR count). The highest BCUT2D eigenvalue weighted by Gasteiger charge is 2.16. The highest BCUT2D eigenvalue weighted by molar-refractivity contribution is 6.06. The third-order valence-corrected chi connectivity index (χ3v) is 4.73. The summed E-state index contributed by atoms with van der Waals surface area (Å²) in [6.07, 6.45) is 0. The summed E-state index contributed by atoms with van der Waals surface area (Å²) in [5, 5.41) is 5.46. The Morgan fingerprint density at radius 1 is 0.649 bits per heavy atom. The number of furan rings is 1. The van der Waals surface area contributed by atoms with Gasteiger partial charge >= 0.3 is 0 Å². The van der Waals surface area contributed by atoms with Crippen molar-refractivity contribution in [2.75, 3.05) is 10.6 Å². The normalized spacial score (nSPS) is 11.5. The Balaban J connectivity index is 0.00000342. The summed E-state index contributed by atoms with van der Waals surface area (Å²) in [5.41, 5.74) is 14.6. The van der Waals surface area contributed by atoms with E-state index in [0.29, 0.717) is 23.0 Å². The Bertz CT molecular complexity index is 1150. The van der Waals surface area contributed by atoms with Gasteiger partial charge in [0, 0.05) is 34.6 Å². The summed E-state index contributed by atoms with van der Waals surface area (Å²) in [6, 6.07) is 17.0. The summed E-state index contributed by atoms with van der Waals surface area (Å²) >= 11 is 0. The molecule has 198 valence electrons.